The summed E-state index contributed by atoms with van der Waals surface area (Å²) in [5.74, 6) is -1.02. The van der Waals surface area contributed by atoms with Gasteiger partial charge in [0.05, 0.1) is 24.9 Å². The van der Waals surface area contributed by atoms with E-state index in [0.717, 1.165) is 0 Å². The Morgan fingerprint density at radius 1 is 0.938 bits per heavy atom. The molecule has 3 heterocycles. The zero-order chi connectivity index (χ0) is 23.5. The van der Waals surface area contributed by atoms with Crippen molar-refractivity contribution in [2.75, 3.05) is 13.1 Å². The standard InChI is InChI=1S/C19H27N7O6/c1-10-22-14(24-31-10)6-20-16(27)12-8-26(18(29)30-19(3,4)5)9-13(12)17(28)21-7-15-23-11(2)32-25-15/h12-13H,6-9H2,1-5H3,(H,20,27)(H,21,28)/t12-,13-/m0/s1. The van der Waals surface area contributed by atoms with Gasteiger partial charge in [-0.1, -0.05) is 10.3 Å². The molecule has 0 radical (unpaired) electrons. The smallest absolute Gasteiger partial charge is 0.410 e. The highest BCUT2D eigenvalue weighted by Gasteiger charge is 2.44. The van der Waals surface area contributed by atoms with Crippen LogP contribution in [0.15, 0.2) is 9.05 Å². The first-order chi connectivity index (χ1) is 15.0. The quantitative estimate of drug-likeness (QED) is 0.633. The second-order valence-electron chi connectivity index (χ2n) is 8.49. The van der Waals surface area contributed by atoms with E-state index in [2.05, 4.69) is 30.9 Å². The second kappa shape index (κ2) is 9.32. The van der Waals surface area contributed by atoms with Gasteiger partial charge in [0.25, 0.3) is 0 Å². The first-order valence-corrected chi connectivity index (χ1v) is 10.1. The van der Waals surface area contributed by atoms with Crippen LogP contribution in [0, 0.1) is 25.7 Å². The Kier molecular flexibility index (Phi) is 6.75. The number of likely N-dealkylation sites (tertiary alicyclic amines) is 1. The van der Waals surface area contributed by atoms with Gasteiger partial charge in [-0.3, -0.25) is 9.59 Å². The molecule has 32 heavy (non-hydrogen) atoms. The highest BCUT2D eigenvalue weighted by atomic mass is 16.6. The molecule has 174 valence electrons. The van der Waals surface area contributed by atoms with Crippen LogP contribution < -0.4 is 10.6 Å². The average molecular weight is 449 g/mol. The summed E-state index contributed by atoms with van der Waals surface area (Å²) in [6.45, 7) is 8.65. The maximum absolute atomic E-state index is 12.9. The third kappa shape index (κ3) is 6.02. The van der Waals surface area contributed by atoms with Gasteiger partial charge < -0.3 is 29.3 Å². The number of carbonyl (C=O) groups excluding carboxylic acids is 3. The van der Waals surface area contributed by atoms with Crippen LogP contribution in [0.3, 0.4) is 0 Å². The fourth-order valence-electron chi connectivity index (χ4n) is 3.23. The van der Waals surface area contributed by atoms with E-state index < -0.39 is 35.3 Å². The molecule has 1 fully saturated rings. The third-order valence-electron chi connectivity index (χ3n) is 4.63. The van der Waals surface area contributed by atoms with Crippen molar-refractivity contribution in [2.45, 2.75) is 53.3 Å². The summed E-state index contributed by atoms with van der Waals surface area (Å²) in [4.78, 5) is 47.7. The lowest BCUT2D eigenvalue weighted by Gasteiger charge is -2.24. The zero-order valence-electron chi connectivity index (χ0n) is 18.7. The van der Waals surface area contributed by atoms with Crippen LogP contribution in [0.4, 0.5) is 4.79 Å². The van der Waals surface area contributed by atoms with E-state index >= 15 is 0 Å². The third-order valence-corrected chi connectivity index (χ3v) is 4.63. The Bertz CT molecular complexity index is 915. The van der Waals surface area contributed by atoms with Crippen molar-refractivity contribution in [3.05, 3.63) is 23.4 Å². The lowest BCUT2D eigenvalue weighted by Crippen LogP contribution is -2.41. The molecule has 0 aromatic carbocycles. The molecule has 3 rings (SSSR count). The topological polar surface area (TPSA) is 166 Å². The summed E-state index contributed by atoms with van der Waals surface area (Å²) in [5.41, 5.74) is -0.706. The van der Waals surface area contributed by atoms with Gasteiger partial charge >= 0.3 is 6.09 Å². The van der Waals surface area contributed by atoms with Crippen LogP contribution in [0.2, 0.25) is 0 Å². The molecule has 2 N–H and O–H groups in total. The fraction of sp³-hybridized carbons (Fsp3) is 0.632. The summed E-state index contributed by atoms with van der Waals surface area (Å²) in [6.07, 6.45) is -0.590. The Morgan fingerprint density at radius 3 is 1.72 bits per heavy atom. The van der Waals surface area contributed by atoms with Crippen LogP contribution in [0.1, 0.15) is 44.2 Å². The number of aromatic nitrogens is 4. The van der Waals surface area contributed by atoms with Gasteiger partial charge in [-0.2, -0.15) is 9.97 Å². The molecule has 1 saturated heterocycles. The van der Waals surface area contributed by atoms with E-state index in [1.165, 1.54) is 4.90 Å². The molecule has 0 spiro atoms. The lowest BCUT2D eigenvalue weighted by atomic mass is 9.94. The Balaban J connectivity index is 1.67. The predicted molar refractivity (Wildman–Crippen MR) is 107 cm³/mol. The first-order valence-electron chi connectivity index (χ1n) is 10.1. The van der Waals surface area contributed by atoms with Crippen LogP contribution >= 0.6 is 0 Å². The molecule has 0 saturated carbocycles. The van der Waals surface area contributed by atoms with Crippen LogP contribution in [0.5, 0.6) is 0 Å². The second-order valence-corrected chi connectivity index (χ2v) is 8.49. The summed E-state index contributed by atoms with van der Waals surface area (Å²) >= 11 is 0. The van der Waals surface area contributed by atoms with Crippen molar-refractivity contribution in [1.29, 1.82) is 0 Å². The minimum absolute atomic E-state index is 0.0332. The molecule has 1 aliphatic heterocycles. The Labute approximate surface area is 184 Å². The van der Waals surface area contributed by atoms with Gasteiger partial charge in [-0.25, -0.2) is 4.79 Å². The van der Waals surface area contributed by atoms with E-state index in [4.69, 9.17) is 13.8 Å². The number of amides is 3. The van der Waals surface area contributed by atoms with Crippen LogP contribution in [-0.4, -0.2) is 61.8 Å². The SMILES string of the molecule is Cc1nc(CNC(=O)[C@H]2CN(C(=O)OC(C)(C)C)C[C@@H]2C(=O)NCc2noc(C)n2)no1. The van der Waals surface area contributed by atoms with E-state index in [1.807, 2.05) is 0 Å². The molecule has 2 aromatic heterocycles. The van der Waals surface area contributed by atoms with Gasteiger partial charge in [-0.05, 0) is 20.8 Å². The number of hydrogen-bond donors (Lipinski definition) is 2. The summed E-state index contributed by atoms with van der Waals surface area (Å²) < 4.78 is 15.2. The van der Waals surface area contributed by atoms with Gasteiger partial charge in [0.1, 0.15) is 5.60 Å². The number of nitrogens with one attached hydrogen (secondary N) is 2. The molecule has 0 aliphatic carbocycles. The molecule has 0 unspecified atom stereocenters. The van der Waals surface area contributed by atoms with E-state index in [0.29, 0.717) is 23.4 Å². The van der Waals surface area contributed by atoms with Crippen LogP contribution in [-0.2, 0) is 27.4 Å². The fourth-order valence-corrected chi connectivity index (χ4v) is 3.23. The first kappa shape index (κ1) is 23.2. The Hall–Kier alpha value is -3.51. The van der Waals surface area contributed by atoms with Gasteiger partial charge in [-0.15, -0.1) is 0 Å². The number of hydrogen-bond acceptors (Lipinski definition) is 10. The van der Waals surface area contributed by atoms with E-state index in [-0.39, 0.29) is 26.2 Å². The Morgan fingerprint density at radius 2 is 1.38 bits per heavy atom. The predicted octanol–water partition coefficient (Wildman–Crippen LogP) is 0.485. The molecule has 13 nitrogen and oxygen atoms in total. The summed E-state index contributed by atoms with van der Waals surface area (Å²) in [6, 6.07) is 0. The van der Waals surface area contributed by atoms with Crippen molar-refractivity contribution < 1.29 is 28.2 Å². The summed E-state index contributed by atoms with van der Waals surface area (Å²) in [7, 11) is 0. The van der Waals surface area contributed by atoms with E-state index in [1.54, 1.807) is 34.6 Å². The molecule has 0 bridgehead atoms. The minimum atomic E-state index is -0.789. The highest BCUT2D eigenvalue weighted by molar-refractivity contribution is 5.89. The monoisotopic (exact) mass is 449 g/mol. The van der Waals surface area contributed by atoms with Crippen molar-refractivity contribution in [2.24, 2.45) is 11.8 Å². The van der Waals surface area contributed by atoms with Crippen molar-refractivity contribution >= 4 is 17.9 Å². The number of aryl methyl sites for hydroxylation is 2. The zero-order valence-corrected chi connectivity index (χ0v) is 18.7. The van der Waals surface area contributed by atoms with Gasteiger partial charge in [0.15, 0.2) is 11.6 Å². The van der Waals surface area contributed by atoms with Gasteiger partial charge in [0.2, 0.25) is 23.6 Å². The molecular weight excluding hydrogens is 422 g/mol. The molecule has 3 amide bonds. The molecule has 2 atom stereocenters. The molecule has 2 aromatic rings. The average Bonchev–Trinajstić information content (AvgIpc) is 3.42. The lowest BCUT2D eigenvalue weighted by molar-refractivity contribution is -0.133. The van der Waals surface area contributed by atoms with E-state index in [9.17, 15) is 14.4 Å². The number of ether oxygens (including phenoxy) is 1. The maximum atomic E-state index is 12.9. The highest BCUT2D eigenvalue weighted by Crippen LogP contribution is 2.26. The van der Waals surface area contributed by atoms with Crippen molar-refractivity contribution in [3.63, 3.8) is 0 Å². The van der Waals surface area contributed by atoms with Crippen molar-refractivity contribution in [3.8, 4) is 0 Å². The van der Waals surface area contributed by atoms with Gasteiger partial charge in [0, 0.05) is 26.9 Å². The summed E-state index contributed by atoms with van der Waals surface area (Å²) in [5, 5.41) is 12.9. The number of nitrogens with zero attached hydrogens (tertiary/aromatic N) is 5. The number of rotatable bonds is 6. The largest absolute Gasteiger partial charge is 0.444 e. The molecule has 1 aliphatic rings. The van der Waals surface area contributed by atoms with Crippen LogP contribution in [0.25, 0.3) is 0 Å². The van der Waals surface area contributed by atoms with Crippen molar-refractivity contribution in [1.82, 2.24) is 35.8 Å². The number of carbonyl (C=O) groups is 3. The molecular formula is C19H27N7O6. The maximum Gasteiger partial charge on any atom is 0.410 e. The minimum Gasteiger partial charge on any atom is -0.444 e. The molecule has 13 heteroatoms. The normalized spacial score (nSPS) is 18.5.